The minimum atomic E-state index is -0.212. The van der Waals surface area contributed by atoms with Crippen LogP contribution >= 0.6 is 34.8 Å². The largest absolute Gasteiger partial charge is 0.507 e. The van der Waals surface area contributed by atoms with Crippen LogP contribution in [0.4, 0.5) is 5.69 Å². The third-order valence-electron chi connectivity index (χ3n) is 6.39. The van der Waals surface area contributed by atoms with Crippen LogP contribution in [0.2, 0.25) is 15.1 Å². The van der Waals surface area contributed by atoms with E-state index < -0.39 is 0 Å². The monoisotopic (exact) mass is 528 g/mol. The van der Waals surface area contributed by atoms with E-state index in [0.717, 1.165) is 36.9 Å². The van der Waals surface area contributed by atoms with Gasteiger partial charge >= 0.3 is 0 Å². The molecule has 0 atom stereocenters. The van der Waals surface area contributed by atoms with Gasteiger partial charge < -0.3 is 14.7 Å². The zero-order chi connectivity index (χ0) is 24.7. The average molecular weight is 530 g/mol. The molecule has 8 heteroatoms. The van der Waals surface area contributed by atoms with E-state index in [0.29, 0.717) is 44.6 Å². The Balaban J connectivity index is 1.37. The van der Waals surface area contributed by atoms with Gasteiger partial charge in [0.05, 0.1) is 21.2 Å². The van der Waals surface area contributed by atoms with E-state index >= 15 is 0 Å². The van der Waals surface area contributed by atoms with Crippen molar-refractivity contribution in [3.8, 4) is 11.5 Å². The Bertz CT molecular complexity index is 1350. The van der Waals surface area contributed by atoms with Crippen molar-refractivity contribution in [1.29, 1.82) is 0 Å². The second-order valence-corrected chi connectivity index (χ2v) is 10.0. The smallest absolute Gasteiger partial charge is 0.232 e. The highest BCUT2D eigenvalue weighted by molar-refractivity contribution is 6.42. The number of ether oxygens (including phenoxy) is 1. The minimum absolute atomic E-state index is 0.127. The molecule has 3 aromatic carbocycles. The number of phenolic OH excluding ortho intramolecular Hbond substituents is 1. The zero-order valence-electron chi connectivity index (χ0n) is 19.0. The van der Waals surface area contributed by atoms with Crippen LogP contribution in [-0.2, 0) is 6.54 Å². The molecule has 0 radical (unpaired) electrons. The van der Waals surface area contributed by atoms with Crippen LogP contribution in [0.1, 0.15) is 27.0 Å². The van der Waals surface area contributed by atoms with Crippen molar-refractivity contribution in [3.05, 3.63) is 91.6 Å². The van der Waals surface area contributed by atoms with Gasteiger partial charge in [0.2, 0.25) is 5.78 Å². The summed E-state index contributed by atoms with van der Waals surface area (Å²) in [5, 5.41) is 12.3. The molecule has 35 heavy (non-hydrogen) atoms. The van der Waals surface area contributed by atoms with Gasteiger partial charge in [-0.3, -0.25) is 9.69 Å². The SMILES string of the molecule is Cc1cc(O)c(CN2CCN(c3cccc(Cl)c3)CC2)c2c1C(=O)/C(=C/c1ccc(Cl)c(Cl)c1)O2. The highest BCUT2D eigenvalue weighted by atomic mass is 35.5. The number of rotatable bonds is 4. The third-order valence-corrected chi connectivity index (χ3v) is 7.36. The molecule has 0 bridgehead atoms. The maximum absolute atomic E-state index is 13.2. The molecule has 0 amide bonds. The Morgan fingerprint density at radius 3 is 2.49 bits per heavy atom. The second-order valence-electron chi connectivity index (χ2n) is 8.75. The number of nitrogens with zero attached hydrogens (tertiary/aromatic N) is 2. The molecule has 5 nitrogen and oxygen atoms in total. The number of carbonyl (C=O) groups excluding carboxylic acids is 1. The Labute approximate surface area is 219 Å². The molecule has 2 heterocycles. The number of hydrogen-bond donors (Lipinski definition) is 1. The third kappa shape index (κ3) is 4.87. The Morgan fingerprint density at radius 2 is 1.77 bits per heavy atom. The molecule has 0 saturated carbocycles. The van der Waals surface area contributed by atoms with Crippen molar-refractivity contribution in [2.75, 3.05) is 31.1 Å². The Kier molecular flexibility index (Phi) is 6.69. The van der Waals surface area contributed by atoms with Gasteiger partial charge in [-0.25, -0.2) is 0 Å². The molecule has 180 valence electrons. The van der Waals surface area contributed by atoms with Crippen molar-refractivity contribution in [2.24, 2.45) is 0 Å². The van der Waals surface area contributed by atoms with E-state index in [-0.39, 0.29) is 17.3 Å². The number of carbonyl (C=O) groups is 1. The maximum Gasteiger partial charge on any atom is 0.232 e. The first kappa shape index (κ1) is 24.0. The number of aryl methyl sites for hydroxylation is 1. The fraction of sp³-hybridized carbons (Fsp3) is 0.222. The number of anilines is 1. The molecule has 0 unspecified atom stereocenters. The first-order valence-corrected chi connectivity index (χ1v) is 12.4. The minimum Gasteiger partial charge on any atom is -0.507 e. The molecule has 2 aliphatic heterocycles. The lowest BCUT2D eigenvalue weighted by molar-refractivity contribution is 0.101. The normalized spacial score (nSPS) is 17.1. The molecule has 1 saturated heterocycles. The van der Waals surface area contributed by atoms with E-state index in [2.05, 4.69) is 15.9 Å². The summed E-state index contributed by atoms with van der Waals surface area (Å²) in [5.41, 5.74) is 3.59. The summed E-state index contributed by atoms with van der Waals surface area (Å²) < 4.78 is 6.05. The summed E-state index contributed by atoms with van der Waals surface area (Å²) in [5.74, 6) is 0.535. The standard InChI is InChI=1S/C27H23Cl3N2O3/c1-16-11-23(33)20(15-31-7-9-32(10-8-31)19-4-2-3-18(28)14-19)27-25(16)26(34)24(35-27)13-17-5-6-21(29)22(30)12-17/h2-6,11-14,33H,7-10,15H2,1H3/b24-13-. The molecular weight excluding hydrogens is 507 g/mol. The lowest BCUT2D eigenvalue weighted by atomic mass is 9.99. The fourth-order valence-electron chi connectivity index (χ4n) is 4.55. The number of Topliss-reactive ketones (excluding diaryl/α,β-unsaturated/α-hetero) is 1. The summed E-state index contributed by atoms with van der Waals surface area (Å²) in [4.78, 5) is 17.7. The van der Waals surface area contributed by atoms with Gasteiger partial charge in [-0.05, 0) is 60.5 Å². The summed E-state index contributed by atoms with van der Waals surface area (Å²) in [7, 11) is 0. The molecule has 0 spiro atoms. The van der Waals surface area contributed by atoms with Gasteiger partial charge in [0.1, 0.15) is 11.5 Å². The van der Waals surface area contributed by atoms with Crippen molar-refractivity contribution < 1.29 is 14.6 Å². The topological polar surface area (TPSA) is 53.0 Å². The first-order valence-electron chi connectivity index (χ1n) is 11.3. The van der Waals surface area contributed by atoms with Crippen LogP contribution in [0, 0.1) is 6.92 Å². The number of hydrogen-bond acceptors (Lipinski definition) is 5. The molecule has 0 aromatic heterocycles. The van der Waals surface area contributed by atoms with E-state index in [1.54, 1.807) is 37.3 Å². The summed E-state index contributed by atoms with van der Waals surface area (Å²) >= 11 is 18.3. The lowest BCUT2D eigenvalue weighted by Gasteiger charge is -2.36. The van der Waals surface area contributed by atoms with Gasteiger partial charge in [-0.15, -0.1) is 0 Å². The molecule has 1 fully saturated rings. The highest BCUT2D eigenvalue weighted by Gasteiger charge is 2.34. The van der Waals surface area contributed by atoms with Crippen molar-refractivity contribution >= 4 is 52.3 Å². The van der Waals surface area contributed by atoms with Crippen LogP contribution in [0.25, 0.3) is 6.08 Å². The average Bonchev–Trinajstić information content (AvgIpc) is 3.15. The van der Waals surface area contributed by atoms with Gasteiger partial charge in [-0.1, -0.05) is 46.9 Å². The van der Waals surface area contributed by atoms with Gasteiger partial charge in [0, 0.05) is 43.4 Å². The molecule has 0 aliphatic carbocycles. The second kappa shape index (κ2) is 9.75. The number of benzene rings is 3. The molecular formula is C27H23Cl3N2O3. The van der Waals surface area contributed by atoms with Crippen LogP contribution < -0.4 is 9.64 Å². The number of aromatic hydroxyl groups is 1. The lowest BCUT2D eigenvalue weighted by Crippen LogP contribution is -2.46. The fourth-order valence-corrected chi connectivity index (χ4v) is 5.04. The van der Waals surface area contributed by atoms with Crippen molar-refractivity contribution in [2.45, 2.75) is 13.5 Å². The Hall–Kier alpha value is -2.70. The molecule has 3 aromatic rings. The predicted molar refractivity (Wildman–Crippen MR) is 141 cm³/mol. The van der Waals surface area contributed by atoms with Crippen LogP contribution in [0.3, 0.4) is 0 Å². The van der Waals surface area contributed by atoms with Gasteiger partial charge in [-0.2, -0.15) is 0 Å². The number of halogens is 3. The quantitative estimate of drug-likeness (QED) is 0.386. The molecule has 5 rings (SSSR count). The highest BCUT2D eigenvalue weighted by Crippen LogP contribution is 2.42. The number of fused-ring (bicyclic) bond motifs is 1. The number of piperazine rings is 1. The van der Waals surface area contributed by atoms with E-state index in [1.165, 1.54) is 0 Å². The van der Waals surface area contributed by atoms with E-state index in [4.69, 9.17) is 39.5 Å². The van der Waals surface area contributed by atoms with Crippen molar-refractivity contribution in [1.82, 2.24) is 4.90 Å². The van der Waals surface area contributed by atoms with E-state index in [9.17, 15) is 9.90 Å². The van der Waals surface area contributed by atoms with Gasteiger partial charge in [0.25, 0.3) is 0 Å². The number of phenols is 1. The number of allylic oxidation sites excluding steroid dienone is 1. The summed E-state index contributed by atoms with van der Waals surface area (Å²) in [6, 6.07) is 14.6. The van der Waals surface area contributed by atoms with E-state index in [1.807, 2.05) is 18.2 Å². The molecule has 1 N–H and O–H groups in total. The van der Waals surface area contributed by atoms with Crippen molar-refractivity contribution in [3.63, 3.8) is 0 Å². The maximum atomic E-state index is 13.2. The first-order chi connectivity index (χ1) is 16.8. The van der Waals surface area contributed by atoms with Crippen LogP contribution in [0.15, 0.2) is 54.3 Å². The predicted octanol–water partition coefficient (Wildman–Crippen LogP) is 6.60. The zero-order valence-corrected chi connectivity index (χ0v) is 21.3. The Morgan fingerprint density at radius 1 is 1.00 bits per heavy atom. The summed E-state index contributed by atoms with van der Waals surface area (Å²) in [6.45, 7) is 5.54. The van der Waals surface area contributed by atoms with Gasteiger partial charge in [0.15, 0.2) is 5.76 Å². The summed E-state index contributed by atoms with van der Waals surface area (Å²) in [6.07, 6.45) is 1.65. The van der Waals surface area contributed by atoms with Crippen LogP contribution in [0.5, 0.6) is 11.5 Å². The van der Waals surface area contributed by atoms with Crippen LogP contribution in [-0.4, -0.2) is 42.0 Å². The number of ketones is 1. The molecule has 2 aliphatic rings.